The summed E-state index contributed by atoms with van der Waals surface area (Å²) < 4.78 is 67.7. The van der Waals surface area contributed by atoms with E-state index in [2.05, 4.69) is 48.5 Å². The van der Waals surface area contributed by atoms with Gasteiger partial charge >= 0.3 is 39.5 Å². The van der Waals surface area contributed by atoms with E-state index in [0.717, 1.165) is 108 Å². The second-order valence-corrected chi connectivity index (χ2v) is 26.8. The van der Waals surface area contributed by atoms with Gasteiger partial charge in [0.1, 0.15) is 19.3 Å². The number of rotatable bonds is 60. The molecule has 0 aromatic carbocycles. The standard InChI is InChI=1S/C62H120O17P2/c1-8-9-10-26-36-43-59(64)72-49-57(78-62(67)46-39-32-25-19-22-29-35-42-55(6)7)51-76-80(68,69)74-47-56(63)48-75-81(70,71)77-52-58(50-73-60(65)44-37-30-23-18-14-16-21-28-34-41-54(4)5)79-61(66)45-38-31-24-17-13-11-12-15-20-27-33-40-53(2)3/h53-58,63H,8-52H2,1-7H3,(H,68,69)(H,70,71)/t56-,57+,58+/m0/s1. The Labute approximate surface area is 492 Å². The van der Waals surface area contributed by atoms with Gasteiger partial charge in [-0.3, -0.25) is 37.3 Å². The molecule has 0 aromatic rings. The van der Waals surface area contributed by atoms with Crippen LogP contribution in [0, 0.1) is 17.8 Å². The maximum atomic E-state index is 13.0. The van der Waals surface area contributed by atoms with Crippen LogP contribution in [0.15, 0.2) is 0 Å². The lowest BCUT2D eigenvalue weighted by molar-refractivity contribution is -0.161. The Bertz CT molecular complexity index is 1610. The van der Waals surface area contributed by atoms with Gasteiger partial charge in [0.15, 0.2) is 12.2 Å². The van der Waals surface area contributed by atoms with Crippen LogP contribution in [0.4, 0.5) is 0 Å². The van der Waals surface area contributed by atoms with Crippen molar-refractivity contribution in [1.29, 1.82) is 0 Å². The Kier molecular flexibility index (Phi) is 52.2. The summed E-state index contributed by atoms with van der Waals surface area (Å²) in [6.07, 6.45) is 33.9. The highest BCUT2D eigenvalue weighted by molar-refractivity contribution is 7.47. The van der Waals surface area contributed by atoms with E-state index in [1.165, 1.54) is 103 Å². The van der Waals surface area contributed by atoms with Crippen molar-refractivity contribution in [3.8, 4) is 0 Å². The van der Waals surface area contributed by atoms with Crippen molar-refractivity contribution in [2.75, 3.05) is 39.6 Å². The van der Waals surface area contributed by atoms with Crippen molar-refractivity contribution in [3.63, 3.8) is 0 Å². The maximum absolute atomic E-state index is 13.0. The van der Waals surface area contributed by atoms with Gasteiger partial charge in [-0.25, -0.2) is 9.13 Å². The number of phosphoric ester groups is 2. The first kappa shape index (κ1) is 79.1. The summed E-state index contributed by atoms with van der Waals surface area (Å²) in [4.78, 5) is 71.9. The fourth-order valence-electron chi connectivity index (χ4n) is 9.13. The third-order valence-electron chi connectivity index (χ3n) is 14.1. The summed E-state index contributed by atoms with van der Waals surface area (Å²) in [5.74, 6) is 0.0545. The molecule has 0 amide bonds. The smallest absolute Gasteiger partial charge is 0.462 e. The molecule has 81 heavy (non-hydrogen) atoms. The number of carbonyl (C=O) groups is 4. The molecule has 0 aliphatic carbocycles. The van der Waals surface area contributed by atoms with Gasteiger partial charge in [0.05, 0.1) is 26.4 Å². The van der Waals surface area contributed by atoms with E-state index in [4.69, 9.17) is 37.0 Å². The number of esters is 4. The topological polar surface area (TPSA) is 237 Å². The lowest BCUT2D eigenvalue weighted by Gasteiger charge is -2.21. The van der Waals surface area contributed by atoms with Crippen LogP contribution < -0.4 is 0 Å². The monoisotopic (exact) mass is 1200 g/mol. The largest absolute Gasteiger partial charge is 0.472 e. The van der Waals surface area contributed by atoms with E-state index in [0.29, 0.717) is 31.6 Å². The van der Waals surface area contributed by atoms with Crippen molar-refractivity contribution in [2.24, 2.45) is 17.8 Å². The molecule has 0 heterocycles. The average molecular weight is 1200 g/mol. The molecule has 0 spiro atoms. The van der Waals surface area contributed by atoms with Crippen molar-refractivity contribution in [2.45, 2.75) is 317 Å². The molecule has 5 atom stereocenters. The SMILES string of the molecule is CCCCCCCC(=O)OC[C@H](COP(=O)(O)OC[C@H](O)COP(=O)(O)OC[C@@H](COC(=O)CCCCCCCCCCCC(C)C)OC(=O)CCCCCCCCCCCCCC(C)C)OC(=O)CCCCCCCCCC(C)C. The lowest BCUT2D eigenvalue weighted by atomic mass is 10.0. The van der Waals surface area contributed by atoms with Crippen LogP contribution in [0.3, 0.4) is 0 Å². The molecule has 0 fully saturated rings. The molecule has 2 unspecified atom stereocenters. The Balaban J connectivity index is 5.19. The summed E-state index contributed by atoms with van der Waals surface area (Å²) >= 11 is 0. The first-order valence-corrected chi connectivity index (χ1v) is 35.3. The first-order chi connectivity index (χ1) is 38.7. The van der Waals surface area contributed by atoms with Crippen molar-refractivity contribution in [1.82, 2.24) is 0 Å². The number of phosphoric acid groups is 2. The summed E-state index contributed by atoms with van der Waals surface area (Å²) in [6.45, 7) is 11.6. The number of aliphatic hydroxyl groups is 1. The minimum absolute atomic E-state index is 0.102. The Hall–Kier alpha value is -1.94. The van der Waals surface area contributed by atoms with Crippen LogP contribution in [-0.4, -0.2) is 96.7 Å². The summed E-state index contributed by atoms with van der Waals surface area (Å²) in [5.41, 5.74) is 0. The van der Waals surface area contributed by atoms with Gasteiger partial charge in [-0.15, -0.1) is 0 Å². The molecule has 0 aliphatic heterocycles. The summed E-state index contributed by atoms with van der Waals surface area (Å²) in [6, 6.07) is 0. The van der Waals surface area contributed by atoms with Gasteiger partial charge in [-0.2, -0.15) is 0 Å². The molecule has 0 saturated carbocycles. The number of carbonyl (C=O) groups excluding carboxylic acids is 4. The molecule has 0 aromatic heterocycles. The number of hydrogen-bond donors (Lipinski definition) is 3. The highest BCUT2D eigenvalue weighted by atomic mass is 31.2. The molecule has 0 aliphatic rings. The molecule has 0 rings (SSSR count). The highest BCUT2D eigenvalue weighted by Gasteiger charge is 2.30. The van der Waals surface area contributed by atoms with E-state index in [-0.39, 0.29) is 25.7 Å². The lowest BCUT2D eigenvalue weighted by Crippen LogP contribution is -2.30. The van der Waals surface area contributed by atoms with Crippen LogP contribution in [0.5, 0.6) is 0 Å². The fraction of sp³-hybridized carbons (Fsp3) is 0.935. The van der Waals surface area contributed by atoms with E-state index in [1.807, 2.05) is 0 Å². The Morgan fingerprint density at radius 1 is 0.333 bits per heavy atom. The number of ether oxygens (including phenoxy) is 4. The molecule has 0 bridgehead atoms. The van der Waals surface area contributed by atoms with Crippen molar-refractivity contribution >= 4 is 39.5 Å². The van der Waals surface area contributed by atoms with Crippen molar-refractivity contribution < 1.29 is 80.2 Å². The number of aliphatic hydroxyl groups excluding tert-OH is 1. The second-order valence-electron chi connectivity index (χ2n) is 23.9. The van der Waals surface area contributed by atoms with Gasteiger partial charge in [-0.05, 0) is 43.4 Å². The minimum Gasteiger partial charge on any atom is -0.462 e. The first-order valence-electron chi connectivity index (χ1n) is 32.3. The molecule has 480 valence electrons. The van der Waals surface area contributed by atoms with Gasteiger partial charge in [0.25, 0.3) is 0 Å². The van der Waals surface area contributed by atoms with E-state index in [9.17, 15) is 43.2 Å². The molecule has 19 heteroatoms. The van der Waals surface area contributed by atoms with Gasteiger partial charge in [0.2, 0.25) is 0 Å². The number of unbranched alkanes of at least 4 members (excludes halogenated alkanes) is 28. The molecule has 0 radical (unpaired) electrons. The van der Waals surface area contributed by atoms with E-state index in [1.54, 1.807) is 0 Å². The summed E-state index contributed by atoms with van der Waals surface area (Å²) in [5, 5.41) is 10.5. The zero-order chi connectivity index (χ0) is 60.3. The maximum Gasteiger partial charge on any atom is 0.472 e. The van der Waals surface area contributed by atoms with Gasteiger partial charge in [-0.1, -0.05) is 248 Å². The third-order valence-corrected chi connectivity index (χ3v) is 16.0. The van der Waals surface area contributed by atoms with Crippen LogP contribution >= 0.6 is 15.6 Å². The zero-order valence-corrected chi connectivity index (χ0v) is 54.0. The highest BCUT2D eigenvalue weighted by Crippen LogP contribution is 2.45. The molecular weight excluding hydrogens is 1080 g/mol. The van der Waals surface area contributed by atoms with Gasteiger partial charge in [0, 0.05) is 25.7 Å². The van der Waals surface area contributed by atoms with E-state index < -0.39 is 97.5 Å². The van der Waals surface area contributed by atoms with Crippen LogP contribution in [0.2, 0.25) is 0 Å². The Morgan fingerprint density at radius 2 is 0.568 bits per heavy atom. The van der Waals surface area contributed by atoms with Crippen LogP contribution in [-0.2, 0) is 65.4 Å². The van der Waals surface area contributed by atoms with Gasteiger partial charge < -0.3 is 33.8 Å². The number of hydrogen-bond acceptors (Lipinski definition) is 15. The van der Waals surface area contributed by atoms with E-state index >= 15 is 0 Å². The average Bonchev–Trinajstić information content (AvgIpc) is 3.41. The Morgan fingerprint density at radius 3 is 0.840 bits per heavy atom. The van der Waals surface area contributed by atoms with Crippen molar-refractivity contribution in [3.05, 3.63) is 0 Å². The molecule has 0 saturated heterocycles. The van der Waals surface area contributed by atoms with Crippen LogP contribution in [0.25, 0.3) is 0 Å². The predicted molar refractivity (Wildman–Crippen MR) is 321 cm³/mol. The quantitative estimate of drug-likeness (QED) is 0.0222. The fourth-order valence-corrected chi connectivity index (χ4v) is 10.7. The zero-order valence-electron chi connectivity index (χ0n) is 52.2. The molecular formula is C62H120O17P2. The second kappa shape index (κ2) is 53.5. The third kappa shape index (κ3) is 56.9. The predicted octanol–water partition coefficient (Wildman–Crippen LogP) is 16.7. The molecule has 3 N–H and O–H groups in total. The summed E-state index contributed by atoms with van der Waals surface area (Å²) in [7, 11) is -9.88. The van der Waals surface area contributed by atoms with Crippen LogP contribution in [0.1, 0.15) is 299 Å². The normalized spacial score (nSPS) is 14.4. The minimum atomic E-state index is -4.94. The molecule has 17 nitrogen and oxygen atoms in total.